The highest BCUT2D eigenvalue weighted by Gasteiger charge is 2.12. The minimum absolute atomic E-state index is 0.292. The Balaban J connectivity index is 1.83. The maximum Gasteiger partial charge on any atom is 0.274 e. The van der Waals surface area contributed by atoms with Crippen molar-refractivity contribution in [2.24, 2.45) is 0 Å². The number of fused-ring (bicyclic) bond motifs is 1. The lowest BCUT2D eigenvalue weighted by Crippen LogP contribution is -2.17. The van der Waals surface area contributed by atoms with Crippen molar-refractivity contribution < 1.29 is 9.53 Å². The smallest absolute Gasteiger partial charge is 0.274 e. The molecule has 0 unspecified atom stereocenters. The van der Waals surface area contributed by atoms with Crippen LogP contribution in [0.2, 0.25) is 0 Å². The van der Waals surface area contributed by atoms with Gasteiger partial charge in [0.05, 0.1) is 17.8 Å². The molecule has 7 nitrogen and oxygen atoms in total. The molecule has 3 aromatic rings. The van der Waals surface area contributed by atoms with Crippen LogP contribution in [0.15, 0.2) is 42.6 Å². The number of carbonyl (C=O) groups is 1. The maximum absolute atomic E-state index is 12.6. The fraction of sp³-hybridized carbons (Fsp3) is 0.222. The van der Waals surface area contributed by atoms with Crippen LogP contribution in [0.4, 0.5) is 11.6 Å². The van der Waals surface area contributed by atoms with Gasteiger partial charge in [0, 0.05) is 30.9 Å². The van der Waals surface area contributed by atoms with Crippen LogP contribution in [0, 0.1) is 6.92 Å². The Morgan fingerprint density at radius 2 is 2.04 bits per heavy atom. The highest BCUT2D eigenvalue weighted by Crippen LogP contribution is 2.21. The molecule has 0 radical (unpaired) electrons. The van der Waals surface area contributed by atoms with Gasteiger partial charge in [-0.1, -0.05) is 18.2 Å². The van der Waals surface area contributed by atoms with Crippen LogP contribution in [-0.4, -0.2) is 41.1 Å². The fourth-order valence-electron chi connectivity index (χ4n) is 2.42. The van der Waals surface area contributed by atoms with E-state index in [-0.39, 0.29) is 5.91 Å². The zero-order valence-electron chi connectivity index (χ0n) is 14.1. The number of carbonyl (C=O) groups excluding carboxylic acids is 1. The summed E-state index contributed by atoms with van der Waals surface area (Å²) in [6.07, 6.45) is 1.70. The third-order valence-electron chi connectivity index (χ3n) is 3.56. The molecular weight excluding hydrogens is 318 g/mol. The quantitative estimate of drug-likeness (QED) is 0.672. The number of nitrogens with one attached hydrogen (secondary N) is 2. The van der Waals surface area contributed by atoms with E-state index in [1.54, 1.807) is 19.4 Å². The molecule has 2 N–H and O–H groups in total. The van der Waals surface area contributed by atoms with Crippen LogP contribution in [0.3, 0.4) is 0 Å². The number of amides is 1. The van der Waals surface area contributed by atoms with Gasteiger partial charge in [0.1, 0.15) is 5.69 Å². The second-order valence-electron chi connectivity index (χ2n) is 5.47. The number of rotatable bonds is 6. The van der Waals surface area contributed by atoms with Gasteiger partial charge in [-0.25, -0.2) is 9.97 Å². The summed E-state index contributed by atoms with van der Waals surface area (Å²) in [5, 5.41) is 6.87. The second-order valence-corrected chi connectivity index (χ2v) is 5.47. The van der Waals surface area contributed by atoms with E-state index in [0.29, 0.717) is 36.2 Å². The van der Waals surface area contributed by atoms with Crippen molar-refractivity contribution in [3.05, 3.63) is 54.0 Å². The van der Waals surface area contributed by atoms with Crippen molar-refractivity contribution in [1.82, 2.24) is 15.0 Å². The number of pyridine rings is 1. The summed E-state index contributed by atoms with van der Waals surface area (Å²) in [5.74, 6) is 0.0942. The van der Waals surface area contributed by atoms with Gasteiger partial charge in [-0.05, 0) is 25.1 Å². The molecule has 0 fully saturated rings. The van der Waals surface area contributed by atoms with Crippen LogP contribution in [0.25, 0.3) is 10.9 Å². The summed E-state index contributed by atoms with van der Waals surface area (Å²) < 4.78 is 4.99. The van der Waals surface area contributed by atoms with Gasteiger partial charge in [0.25, 0.3) is 5.91 Å². The number of para-hydroxylation sites is 1. The first kappa shape index (κ1) is 16.8. The Morgan fingerprint density at radius 1 is 1.20 bits per heavy atom. The Bertz CT molecular complexity index is 892. The van der Waals surface area contributed by atoms with Crippen molar-refractivity contribution in [2.75, 3.05) is 30.9 Å². The first-order valence-electron chi connectivity index (χ1n) is 7.91. The minimum atomic E-state index is -0.307. The number of nitrogens with zero attached hydrogens (tertiary/aromatic N) is 3. The largest absolute Gasteiger partial charge is 0.383 e. The van der Waals surface area contributed by atoms with Crippen LogP contribution < -0.4 is 10.6 Å². The lowest BCUT2D eigenvalue weighted by Gasteiger charge is -2.10. The fourth-order valence-corrected chi connectivity index (χ4v) is 2.42. The molecule has 0 aliphatic carbocycles. The molecule has 25 heavy (non-hydrogen) atoms. The van der Waals surface area contributed by atoms with E-state index in [9.17, 15) is 4.79 Å². The number of ether oxygens (including phenoxy) is 1. The van der Waals surface area contributed by atoms with E-state index in [1.807, 2.05) is 37.3 Å². The third-order valence-corrected chi connectivity index (χ3v) is 3.56. The average Bonchev–Trinajstić information content (AvgIpc) is 2.62. The van der Waals surface area contributed by atoms with E-state index in [0.717, 1.165) is 10.9 Å². The zero-order valence-corrected chi connectivity index (χ0v) is 14.1. The highest BCUT2D eigenvalue weighted by molar-refractivity contribution is 6.07. The van der Waals surface area contributed by atoms with Gasteiger partial charge in [0.2, 0.25) is 5.95 Å². The molecule has 0 aliphatic rings. The van der Waals surface area contributed by atoms with Gasteiger partial charge >= 0.3 is 0 Å². The topological polar surface area (TPSA) is 89.0 Å². The van der Waals surface area contributed by atoms with Gasteiger partial charge < -0.3 is 15.4 Å². The standard InChI is InChI=1S/C18H19N5O2/c1-12-11-15(23-18(21-12)20-9-10-25-2)17(24)22-14-7-3-5-13-6-4-8-19-16(13)14/h3-8,11H,9-10H2,1-2H3,(H,22,24)(H,20,21,23). The Morgan fingerprint density at radius 3 is 2.88 bits per heavy atom. The van der Waals surface area contributed by atoms with Crippen LogP contribution in [0.5, 0.6) is 0 Å². The predicted octanol–water partition coefficient (Wildman–Crippen LogP) is 2.64. The van der Waals surface area contributed by atoms with E-state index in [1.165, 1.54) is 0 Å². The van der Waals surface area contributed by atoms with Gasteiger partial charge in [0.15, 0.2) is 0 Å². The van der Waals surface area contributed by atoms with Crippen molar-refractivity contribution >= 4 is 28.4 Å². The summed E-state index contributed by atoms with van der Waals surface area (Å²) in [6.45, 7) is 2.91. The molecule has 3 rings (SSSR count). The van der Waals surface area contributed by atoms with Crippen molar-refractivity contribution in [2.45, 2.75) is 6.92 Å². The Hall–Kier alpha value is -3.06. The van der Waals surface area contributed by atoms with Gasteiger partial charge in [-0.2, -0.15) is 0 Å². The number of hydrogen-bond donors (Lipinski definition) is 2. The molecule has 1 aromatic carbocycles. The summed E-state index contributed by atoms with van der Waals surface area (Å²) in [5.41, 5.74) is 2.38. The van der Waals surface area contributed by atoms with Crippen LogP contribution >= 0.6 is 0 Å². The Labute approximate surface area is 145 Å². The minimum Gasteiger partial charge on any atom is -0.383 e. The molecular formula is C18H19N5O2. The van der Waals surface area contributed by atoms with Crippen molar-refractivity contribution in [3.63, 3.8) is 0 Å². The van der Waals surface area contributed by atoms with Crippen molar-refractivity contribution in [1.29, 1.82) is 0 Å². The lowest BCUT2D eigenvalue weighted by atomic mass is 10.2. The molecule has 0 saturated heterocycles. The predicted molar refractivity (Wildman–Crippen MR) is 96.8 cm³/mol. The third kappa shape index (κ3) is 4.07. The zero-order chi connectivity index (χ0) is 17.6. The summed E-state index contributed by atoms with van der Waals surface area (Å²) in [4.78, 5) is 25.5. The molecule has 7 heteroatoms. The summed E-state index contributed by atoms with van der Waals surface area (Å²) in [6, 6.07) is 11.1. The van der Waals surface area contributed by atoms with E-state index < -0.39 is 0 Å². The van der Waals surface area contributed by atoms with Gasteiger partial charge in [-0.15, -0.1) is 0 Å². The average molecular weight is 337 g/mol. The Kier molecular flexibility index (Phi) is 5.15. The van der Waals surface area contributed by atoms with Crippen LogP contribution in [-0.2, 0) is 4.74 Å². The van der Waals surface area contributed by atoms with E-state index in [4.69, 9.17) is 4.74 Å². The maximum atomic E-state index is 12.6. The molecule has 0 saturated carbocycles. The molecule has 0 spiro atoms. The number of aryl methyl sites for hydroxylation is 1. The lowest BCUT2D eigenvalue weighted by molar-refractivity contribution is 0.102. The number of aromatic nitrogens is 3. The molecule has 2 aromatic heterocycles. The number of methoxy groups -OCH3 is 1. The second kappa shape index (κ2) is 7.67. The number of hydrogen-bond acceptors (Lipinski definition) is 6. The first-order chi connectivity index (χ1) is 12.2. The normalized spacial score (nSPS) is 10.6. The summed E-state index contributed by atoms with van der Waals surface area (Å²) >= 11 is 0. The summed E-state index contributed by atoms with van der Waals surface area (Å²) in [7, 11) is 1.62. The van der Waals surface area contributed by atoms with Crippen molar-refractivity contribution in [3.8, 4) is 0 Å². The van der Waals surface area contributed by atoms with Gasteiger partial charge in [-0.3, -0.25) is 9.78 Å². The number of benzene rings is 1. The monoisotopic (exact) mass is 337 g/mol. The highest BCUT2D eigenvalue weighted by atomic mass is 16.5. The molecule has 0 aliphatic heterocycles. The van der Waals surface area contributed by atoms with E-state index >= 15 is 0 Å². The first-order valence-corrected chi connectivity index (χ1v) is 7.91. The molecule has 0 atom stereocenters. The SMILES string of the molecule is COCCNc1nc(C)cc(C(=O)Nc2cccc3cccnc23)n1. The number of anilines is 2. The molecule has 1 amide bonds. The molecule has 128 valence electrons. The van der Waals surface area contributed by atoms with E-state index in [2.05, 4.69) is 25.6 Å². The van der Waals surface area contributed by atoms with Crippen LogP contribution in [0.1, 0.15) is 16.2 Å². The molecule has 2 heterocycles. The molecule has 0 bridgehead atoms.